The lowest BCUT2D eigenvalue weighted by molar-refractivity contribution is 0.178. The van der Waals surface area contributed by atoms with Gasteiger partial charge in [-0.25, -0.2) is 4.79 Å². The van der Waals surface area contributed by atoms with E-state index < -0.39 is 0 Å². The summed E-state index contributed by atoms with van der Waals surface area (Å²) in [6.07, 6.45) is 2.57. The molecule has 0 aliphatic carbocycles. The van der Waals surface area contributed by atoms with Gasteiger partial charge in [-0.3, -0.25) is 18.3 Å². The van der Waals surface area contributed by atoms with Crippen LogP contribution in [0.4, 0.5) is 0 Å². The molecular weight excluding hydrogens is 344 g/mol. The van der Waals surface area contributed by atoms with Crippen molar-refractivity contribution in [3.8, 4) is 0 Å². The molecule has 1 atom stereocenters. The molecule has 0 saturated carbocycles. The van der Waals surface area contributed by atoms with E-state index in [1.165, 1.54) is 24.5 Å². The number of rotatable bonds is 3. The number of imidazole rings is 2. The molecule has 0 unspecified atom stereocenters. The average molecular weight is 372 g/mol. The number of likely N-dealkylation sites (tertiary alicyclic amines) is 1. The molecule has 0 amide bonds. The van der Waals surface area contributed by atoms with Crippen LogP contribution in [0.25, 0.3) is 16.9 Å². The zero-order valence-electron chi connectivity index (χ0n) is 16.8. The normalized spacial score (nSPS) is 18.8. The van der Waals surface area contributed by atoms with E-state index in [9.17, 15) is 9.59 Å². The molecule has 0 bridgehead atoms. The molecule has 0 aromatic carbocycles. The molecular formula is C19H28N6O2. The summed E-state index contributed by atoms with van der Waals surface area (Å²) >= 11 is 0. The fourth-order valence-corrected chi connectivity index (χ4v) is 4.39. The molecule has 1 aliphatic heterocycles. The molecule has 27 heavy (non-hydrogen) atoms. The number of aromatic nitrogens is 5. The van der Waals surface area contributed by atoms with Crippen LogP contribution in [0.3, 0.4) is 0 Å². The van der Waals surface area contributed by atoms with Gasteiger partial charge in [0, 0.05) is 45.1 Å². The molecule has 4 heterocycles. The predicted octanol–water partition coefficient (Wildman–Crippen LogP) is 1.04. The van der Waals surface area contributed by atoms with E-state index in [4.69, 9.17) is 4.98 Å². The summed E-state index contributed by atoms with van der Waals surface area (Å²) in [5, 5.41) is 0. The Morgan fingerprint density at radius 2 is 1.81 bits per heavy atom. The van der Waals surface area contributed by atoms with Crippen LogP contribution in [0.2, 0.25) is 0 Å². The largest absolute Gasteiger partial charge is 0.332 e. The van der Waals surface area contributed by atoms with Crippen LogP contribution in [0, 0.1) is 19.8 Å². The lowest BCUT2D eigenvalue weighted by Gasteiger charge is -2.30. The average Bonchev–Trinajstić information content (AvgIpc) is 3.13. The van der Waals surface area contributed by atoms with E-state index in [1.54, 1.807) is 7.05 Å². The second kappa shape index (κ2) is 6.37. The van der Waals surface area contributed by atoms with Crippen LogP contribution in [-0.4, -0.2) is 47.6 Å². The molecule has 1 fully saturated rings. The number of hydrogen-bond donors (Lipinski definition) is 0. The zero-order chi connectivity index (χ0) is 19.5. The van der Waals surface area contributed by atoms with Crippen LogP contribution >= 0.6 is 0 Å². The number of aryl methyl sites for hydroxylation is 2. The summed E-state index contributed by atoms with van der Waals surface area (Å²) in [5.74, 6) is 1.49. The third kappa shape index (κ3) is 2.65. The van der Waals surface area contributed by atoms with Crippen molar-refractivity contribution < 1.29 is 0 Å². The number of hydrogen-bond acceptors (Lipinski definition) is 4. The molecule has 1 aliphatic rings. The quantitative estimate of drug-likeness (QED) is 0.689. The highest BCUT2D eigenvalue weighted by atomic mass is 16.2. The molecule has 0 radical (unpaired) electrons. The highest BCUT2D eigenvalue weighted by molar-refractivity contribution is 5.76. The van der Waals surface area contributed by atoms with Crippen molar-refractivity contribution in [2.24, 2.45) is 20.0 Å². The van der Waals surface area contributed by atoms with Crippen molar-refractivity contribution >= 4 is 16.9 Å². The van der Waals surface area contributed by atoms with Crippen LogP contribution in [-0.2, 0) is 20.6 Å². The molecule has 0 N–H and O–H groups in total. The summed E-state index contributed by atoms with van der Waals surface area (Å²) in [5.41, 5.74) is 2.37. The van der Waals surface area contributed by atoms with E-state index in [-0.39, 0.29) is 11.2 Å². The smallest absolute Gasteiger partial charge is 0.313 e. The fourth-order valence-electron chi connectivity index (χ4n) is 4.39. The molecule has 146 valence electrons. The van der Waals surface area contributed by atoms with Crippen LogP contribution in [0.15, 0.2) is 9.59 Å². The van der Waals surface area contributed by atoms with Gasteiger partial charge in [0.1, 0.15) is 0 Å². The Kier molecular flexibility index (Phi) is 4.25. The van der Waals surface area contributed by atoms with Gasteiger partial charge < -0.3 is 9.47 Å². The van der Waals surface area contributed by atoms with Crippen molar-refractivity contribution in [1.82, 2.24) is 28.0 Å². The Morgan fingerprint density at radius 1 is 1.07 bits per heavy atom. The minimum atomic E-state index is -0.350. The SMILES string of the molecule is Cc1c(C)n2c3c(=O)n(C)c(=O)n(C)c3nc2n1CCN1CCC[C@@H](C)C1. The maximum atomic E-state index is 12.8. The Bertz CT molecular complexity index is 1150. The summed E-state index contributed by atoms with van der Waals surface area (Å²) < 4.78 is 6.69. The Hall–Kier alpha value is -2.35. The second-order valence-corrected chi connectivity index (χ2v) is 8.00. The first-order valence-electron chi connectivity index (χ1n) is 9.67. The maximum Gasteiger partial charge on any atom is 0.332 e. The lowest BCUT2D eigenvalue weighted by atomic mass is 10.0. The zero-order valence-corrected chi connectivity index (χ0v) is 16.8. The molecule has 8 heteroatoms. The van der Waals surface area contributed by atoms with Gasteiger partial charge in [0.25, 0.3) is 5.56 Å². The van der Waals surface area contributed by atoms with Gasteiger partial charge in [0.05, 0.1) is 0 Å². The minimum Gasteiger partial charge on any atom is -0.313 e. The van der Waals surface area contributed by atoms with Crippen molar-refractivity contribution in [1.29, 1.82) is 0 Å². The van der Waals surface area contributed by atoms with Gasteiger partial charge in [-0.15, -0.1) is 0 Å². The Balaban J connectivity index is 1.83. The second-order valence-electron chi connectivity index (χ2n) is 8.00. The van der Waals surface area contributed by atoms with Gasteiger partial charge in [-0.1, -0.05) is 6.92 Å². The van der Waals surface area contributed by atoms with Crippen molar-refractivity contribution in [3.63, 3.8) is 0 Å². The van der Waals surface area contributed by atoms with Crippen molar-refractivity contribution in [3.05, 3.63) is 32.2 Å². The summed E-state index contributed by atoms with van der Waals surface area (Å²) in [7, 11) is 3.18. The van der Waals surface area contributed by atoms with E-state index in [0.717, 1.165) is 53.8 Å². The Labute approximate surface area is 157 Å². The van der Waals surface area contributed by atoms with Crippen molar-refractivity contribution in [2.45, 2.75) is 40.2 Å². The third-order valence-corrected chi connectivity index (χ3v) is 6.13. The first kappa shape index (κ1) is 18.0. The highest BCUT2D eigenvalue weighted by Gasteiger charge is 2.22. The molecule has 3 aromatic rings. The predicted molar refractivity (Wildman–Crippen MR) is 105 cm³/mol. The highest BCUT2D eigenvalue weighted by Crippen LogP contribution is 2.21. The summed E-state index contributed by atoms with van der Waals surface area (Å²) in [6.45, 7) is 10.5. The first-order chi connectivity index (χ1) is 12.8. The topological polar surface area (TPSA) is 69.5 Å². The number of fused-ring (bicyclic) bond motifs is 3. The fraction of sp³-hybridized carbons (Fsp3) is 0.632. The molecule has 4 rings (SSSR count). The number of piperidine rings is 1. The van der Waals surface area contributed by atoms with E-state index in [0.29, 0.717) is 11.2 Å². The van der Waals surface area contributed by atoms with Gasteiger partial charge in [0.15, 0.2) is 11.2 Å². The van der Waals surface area contributed by atoms with Gasteiger partial charge in [0.2, 0.25) is 5.78 Å². The minimum absolute atomic E-state index is 0.300. The lowest BCUT2D eigenvalue weighted by Crippen LogP contribution is -2.37. The van der Waals surface area contributed by atoms with Crippen molar-refractivity contribution in [2.75, 3.05) is 19.6 Å². The van der Waals surface area contributed by atoms with Gasteiger partial charge in [-0.05, 0) is 39.2 Å². The summed E-state index contributed by atoms with van der Waals surface area (Å²) in [6, 6.07) is 0. The monoisotopic (exact) mass is 372 g/mol. The van der Waals surface area contributed by atoms with Crippen LogP contribution in [0.1, 0.15) is 31.2 Å². The van der Waals surface area contributed by atoms with E-state index >= 15 is 0 Å². The molecule has 0 spiro atoms. The van der Waals surface area contributed by atoms with E-state index in [2.05, 4.69) is 23.3 Å². The maximum absolute atomic E-state index is 12.8. The van der Waals surface area contributed by atoms with Crippen LogP contribution < -0.4 is 11.2 Å². The molecule has 3 aromatic heterocycles. The Morgan fingerprint density at radius 3 is 2.52 bits per heavy atom. The molecule has 1 saturated heterocycles. The first-order valence-corrected chi connectivity index (χ1v) is 9.67. The van der Waals surface area contributed by atoms with E-state index in [1.807, 2.05) is 11.3 Å². The third-order valence-electron chi connectivity index (χ3n) is 6.13. The van der Waals surface area contributed by atoms with Crippen LogP contribution in [0.5, 0.6) is 0 Å². The van der Waals surface area contributed by atoms with Gasteiger partial charge in [-0.2, -0.15) is 4.98 Å². The van der Waals surface area contributed by atoms with Gasteiger partial charge >= 0.3 is 5.69 Å². The standard InChI is InChI=1S/C19H28N6O2/c1-12-7-6-8-23(11-12)9-10-24-13(2)14(3)25-15-16(20-18(24)25)21(4)19(27)22(5)17(15)26/h12H,6-11H2,1-5H3/t12-/m1/s1. The summed E-state index contributed by atoms with van der Waals surface area (Å²) in [4.78, 5) is 32.2. The molecule has 8 nitrogen and oxygen atoms in total. The number of nitrogens with zero attached hydrogens (tertiary/aromatic N) is 6.